The van der Waals surface area contributed by atoms with Crippen LogP contribution in [0.2, 0.25) is 0 Å². The van der Waals surface area contributed by atoms with E-state index in [0.29, 0.717) is 0 Å². The summed E-state index contributed by atoms with van der Waals surface area (Å²) in [7, 11) is 3.39. The highest BCUT2D eigenvalue weighted by atomic mass is 28.4. The van der Waals surface area contributed by atoms with Crippen LogP contribution in [0.4, 0.5) is 0 Å². The monoisotopic (exact) mass is 150 g/mol. The summed E-state index contributed by atoms with van der Waals surface area (Å²) in [5, 5.41) is 0. The molecule has 0 amide bonds. The second kappa shape index (κ2) is 2.76. The summed E-state index contributed by atoms with van der Waals surface area (Å²) in [6.45, 7) is 0. The topological polar surface area (TPSA) is 46.9 Å². The van der Waals surface area contributed by atoms with Crippen LogP contribution in [0.3, 0.4) is 0 Å². The second-order valence-corrected chi connectivity index (χ2v) is 5.38. The van der Waals surface area contributed by atoms with Gasteiger partial charge in [-0.2, -0.15) is 0 Å². The average Bonchev–Trinajstić information content (AvgIpc) is 1.65. The second-order valence-electron chi connectivity index (χ2n) is 2.39. The Morgan fingerprint density at radius 3 is 1.11 bits per heavy atom. The van der Waals surface area contributed by atoms with Crippen molar-refractivity contribution in [2.45, 2.75) is 0 Å². The summed E-state index contributed by atoms with van der Waals surface area (Å²) in [4.78, 5) is 18.4. The first-order valence-corrected chi connectivity index (χ1v) is 4.47. The number of hydrogen-bond acceptors (Lipinski definition) is 4. The molecule has 2 N–H and O–H groups in total. The van der Waals surface area contributed by atoms with Crippen LogP contribution in [0.25, 0.3) is 0 Å². The van der Waals surface area contributed by atoms with Gasteiger partial charge in [-0.3, -0.25) is 9.13 Å². The normalized spacial score (nSPS) is 13.3. The maximum Gasteiger partial charge on any atom is 0.516 e. The minimum absolute atomic E-state index is 1.44. The van der Waals surface area contributed by atoms with Crippen molar-refractivity contribution in [3.63, 3.8) is 0 Å². The summed E-state index contributed by atoms with van der Waals surface area (Å²) in [6.07, 6.45) is 0. The lowest BCUT2D eigenvalue weighted by molar-refractivity contribution is 0.202. The largest absolute Gasteiger partial charge is 0.516 e. The fraction of sp³-hybridized carbons (Fsp3) is 1.00. The van der Waals surface area contributed by atoms with Gasteiger partial charge in [-0.15, -0.1) is 0 Å². The molecule has 0 aliphatic rings. The first kappa shape index (κ1) is 9.06. The maximum atomic E-state index is 9.22. The Labute approximate surface area is 56.7 Å². The van der Waals surface area contributed by atoms with E-state index < -0.39 is 8.88 Å². The molecule has 0 spiro atoms. The van der Waals surface area contributed by atoms with Crippen LogP contribution in [0.15, 0.2) is 0 Å². The minimum Gasteiger partial charge on any atom is -0.387 e. The zero-order chi connectivity index (χ0) is 7.65. The Balaban J connectivity index is 4.01. The van der Waals surface area contributed by atoms with Crippen LogP contribution in [-0.2, 0) is 0 Å². The Morgan fingerprint density at radius 2 is 1.11 bits per heavy atom. The third-order valence-corrected chi connectivity index (χ3v) is 3.60. The van der Waals surface area contributed by atoms with Crippen molar-refractivity contribution in [1.29, 1.82) is 0 Å². The minimum atomic E-state index is -3.19. The van der Waals surface area contributed by atoms with Crippen LogP contribution in [0.5, 0.6) is 0 Å². The summed E-state index contributed by atoms with van der Waals surface area (Å²) in [5.74, 6) is 0. The molecule has 0 aromatic rings. The molecule has 0 aromatic heterocycles. The predicted molar refractivity (Wildman–Crippen MR) is 37.6 cm³/mol. The van der Waals surface area contributed by atoms with E-state index in [2.05, 4.69) is 0 Å². The van der Waals surface area contributed by atoms with E-state index in [0.717, 1.165) is 0 Å². The van der Waals surface area contributed by atoms with Gasteiger partial charge in [-0.1, -0.05) is 0 Å². The predicted octanol–water partition coefficient (Wildman–Crippen LogP) is -1.47. The molecule has 4 nitrogen and oxygen atoms in total. The quantitative estimate of drug-likeness (QED) is 0.472. The molecule has 0 saturated carbocycles. The molecule has 0 saturated heterocycles. The van der Waals surface area contributed by atoms with Crippen molar-refractivity contribution in [2.24, 2.45) is 0 Å². The molecule has 0 aliphatic carbocycles. The SMILES string of the molecule is CN(C)[Si](O)(O)N(C)C. The fourth-order valence-corrected chi connectivity index (χ4v) is 1.20. The smallest absolute Gasteiger partial charge is 0.387 e. The molecule has 0 aliphatic heterocycles. The molecule has 0 bridgehead atoms. The van der Waals surface area contributed by atoms with E-state index in [-0.39, 0.29) is 0 Å². The molecule has 0 heterocycles. The zero-order valence-electron chi connectivity index (χ0n) is 6.29. The molecule has 0 aromatic carbocycles. The molecule has 0 atom stereocenters. The van der Waals surface area contributed by atoms with Gasteiger partial charge >= 0.3 is 8.88 Å². The number of hydrogen-bond donors (Lipinski definition) is 2. The van der Waals surface area contributed by atoms with Gasteiger partial charge in [0, 0.05) is 0 Å². The van der Waals surface area contributed by atoms with E-state index in [4.69, 9.17) is 0 Å². The Kier molecular flexibility index (Phi) is 2.78. The highest BCUT2D eigenvalue weighted by Gasteiger charge is 2.36. The van der Waals surface area contributed by atoms with Crippen molar-refractivity contribution in [2.75, 3.05) is 28.2 Å². The standard InChI is InChI=1S/C4H14N2O2Si/c1-5(2)9(7,8)6(3)4/h7-8H,1-4H3. The number of rotatable bonds is 2. The van der Waals surface area contributed by atoms with E-state index in [1.54, 1.807) is 28.2 Å². The zero-order valence-corrected chi connectivity index (χ0v) is 7.29. The van der Waals surface area contributed by atoms with Crippen LogP contribution < -0.4 is 0 Å². The summed E-state index contributed by atoms with van der Waals surface area (Å²) in [5.41, 5.74) is 0. The molecule has 5 heteroatoms. The molecule has 56 valence electrons. The van der Waals surface area contributed by atoms with E-state index in [1.165, 1.54) is 9.13 Å². The summed E-state index contributed by atoms with van der Waals surface area (Å²) >= 11 is 0. The lowest BCUT2D eigenvalue weighted by Gasteiger charge is -2.29. The van der Waals surface area contributed by atoms with Crippen molar-refractivity contribution < 1.29 is 9.59 Å². The first-order valence-electron chi connectivity index (χ1n) is 2.68. The molecule has 9 heavy (non-hydrogen) atoms. The van der Waals surface area contributed by atoms with Gasteiger partial charge in [0.1, 0.15) is 0 Å². The number of nitrogens with zero attached hydrogens (tertiary/aromatic N) is 2. The highest BCUT2D eigenvalue weighted by Crippen LogP contribution is 1.97. The summed E-state index contributed by atoms with van der Waals surface area (Å²) < 4.78 is 2.88. The first-order chi connectivity index (χ1) is 3.89. The molecule has 0 radical (unpaired) electrons. The van der Waals surface area contributed by atoms with Crippen LogP contribution >= 0.6 is 0 Å². The van der Waals surface area contributed by atoms with Gasteiger partial charge in [0.05, 0.1) is 0 Å². The van der Waals surface area contributed by atoms with E-state index in [9.17, 15) is 9.59 Å². The molecule has 0 unspecified atom stereocenters. The Bertz CT molecular complexity index is 84.6. The molecular formula is C4H14N2O2Si. The Morgan fingerprint density at radius 1 is 0.889 bits per heavy atom. The van der Waals surface area contributed by atoms with Gasteiger partial charge in [0.25, 0.3) is 0 Å². The molecular weight excluding hydrogens is 136 g/mol. The molecule has 0 fully saturated rings. The van der Waals surface area contributed by atoms with Crippen molar-refractivity contribution in [3.05, 3.63) is 0 Å². The lowest BCUT2D eigenvalue weighted by atomic mass is 11.3. The van der Waals surface area contributed by atoms with Gasteiger partial charge < -0.3 is 9.59 Å². The van der Waals surface area contributed by atoms with Gasteiger partial charge in [-0.05, 0) is 28.2 Å². The van der Waals surface area contributed by atoms with Gasteiger partial charge in [-0.25, -0.2) is 0 Å². The highest BCUT2D eigenvalue weighted by molar-refractivity contribution is 6.58. The third kappa shape index (κ3) is 2.03. The van der Waals surface area contributed by atoms with Gasteiger partial charge in [0.2, 0.25) is 0 Å². The summed E-state index contributed by atoms with van der Waals surface area (Å²) in [6, 6.07) is 0. The van der Waals surface area contributed by atoms with Crippen molar-refractivity contribution in [3.8, 4) is 0 Å². The van der Waals surface area contributed by atoms with E-state index >= 15 is 0 Å². The van der Waals surface area contributed by atoms with Crippen molar-refractivity contribution >= 4 is 8.88 Å². The van der Waals surface area contributed by atoms with Crippen LogP contribution in [-0.4, -0.2) is 55.8 Å². The van der Waals surface area contributed by atoms with Gasteiger partial charge in [0.15, 0.2) is 0 Å². The lowest BCUT2D eigenvalue weighted by Crippen LogP contribution is -2.61. The van der Waals surface area contributed by atoms with Crippen LogP contribution in [0, 0.1) is 0 Å². The van der Waals surface area contributed by atoms with E-state index in [1.807, 2.05) is 0 Å². The molecule has 0 rings (SSSR count). The maximum absolute atomic E-state index is 9.22. The Hall–Kier alpha value is 0.0569. The van der Waals surface area contributed by atoms with Crippen LogP contribution in [0.1, 0.15) is 0 Å². The third-order valence-electron chi connectivity index (χ3n) is 1.20. The fourth-order valence-electron chi connectivity index (χ4n) is 0.400. The average molecular weight is 150 g/mol. The van der Waals surface area contributed by atoms with Crippen molar-refractivity contribution in [1.82, 2.24) is 9.13 Å².